The second kappa shape index (κ2) is 8.00. The fraction of sp³-hybridized carbons (Fsp3) is 0.238. The van der Waals surface area contributed by atoms with E-state index in [0.29, 0.717) is 36.5 Å². The Morgan fingerprint density at radius 1 is 1.29 bits per heavy atom. The number of carbonyl (C=O) groups is 1. The van der Waals surface area contributed by atoms with Crippen molar-refractivity contribution in [1.29, 1.82) is 0 Å². The first-order valence-corrected chi connectivity index (χ1v) is 10.0. The second-order valence-corrected chi connectivity index (χ2v) is 7.46. The Hall–Kier alpha value is -2.90. The lowest BCUT2D eigenvalue weighted by Crippen LogP contribution is -2.37. The molecule has 3 aromatic rings. The number of fused-ring (bicyclic) bond motifs is 3. The summed E-state index contributed by atoms with van der Waals surface area (Å²) < 4.78 is 6.56. The highest BCUT2D eigenvalue weighted by Crippen LogP contribution is 2.35. The molecule has 0 atom stereocenters. The summed E-state index contributed by atoms with van der Waals surface area (Å²) in [5.41, 5.74) is 6.51. The molecule has 1 aromatic carbocycles. The minimum absolute atomic E-state index is 0.156. The molecule has 0 radical (unpaired) electrons. The van der Waals surface area contributed by atoms with Crippen LogP contribution in [0.3, 0.4) is 0 Å². The fourth-order valence-electron chi connectivity index (χ4n) is 3.35. The zero-order chi connectivity index (χ0) is 19.5. The third kappa shape index (κ3) is 3.34. The van der Waals surface area contributed by atoms with Crippen molar-refractivity contribution in [3.05, 3.63) is 69.3 Å². The molecular weight excluding hydrogens is 374 g/mol. The van der Waals surface area contributed by atoms with Gasteiger partial charge in [0.15, 0.2) is 0 Å². The van der Waals surface area contributed by atoms with E-state index in [-0.39, 0.29) is 11.5 Å². The van der Waals surface area contributed by atoms with E-state index in [1.54, 1.807) is 24.5 Å². The van der Waals surface area contributed by atoms with Crippen LogP contribution >= 0.6 is 11.3 Å². The Kier molecular flexibility index (Phi) is 5.27. The molecule has 0 aliphatic carbocycles. The number of amides is 1. The summed E-state index contributed by atoms with van der Waals surface area (Å²) in [4.78, 5) is 27.1. The van der Waals surface area contributed by atoms with E-state index in [9.17, 15) is 9.59 Å². The van der Waals surface area contributed by atoms with E-state index in [1.807, 2.05) is 41.8 Å². The van der Waals surface area contributed by atoms with Gasteiger partial charge in [0.2, 0.25) is 0 Å². The first-order chi connectivity index (χ1) is 13.7. The summed E-state index contributed by atoms with van der Waals surface area (Å²) in [5.74, 6) is -0.194. The minimum Gasteiger partial charge on any atom is -0.385 e. The number of aromatic nitrogens is 1. The third-order valence-electron chi connectivity index (χ3n) is 4.73. The van der Waals surface area contributed by atoms with Crippen LogP contribution in [-0.2, 0) is 11.3 Å². The molecule has 4 rings (SSSR count). The van der Waals surface area contributed by atoms with Crippen LogP contribution in [0.4, 0.5) is 0 Å². The van der Waals surface area contributed by atoms with Gasteiger partial charge in [-0.3, -0.25) is 9.59 Å². The van der Waals surface area contributed by atoms with Crippen LogP contribution in [0.1, 0.15) is 22.3 Å². The van der Waals surface area contributed by atoms with Gasteiger partial charge in [-0.05, 0) is 35.1 Å². The van der Waals surface area contributed by atoms with Crippen LogP contribution in [-0.4, -0.2) is 30.8 Å². The Morgan fingerprint density at radius 2 is 2.11 bits per heavy atom. The van der Waals surface area contributed by atoms with Crippen molar-refractivity contribution >= 4 is 17.2 Å². The monoisotopic (exact) mass is 395 g/mol. The molecule has 0 bridgehead atoms. The number of nitrogens with one attached hydrogen (secondary N) is 2. The number of hydrogen-bond acceptors (Lipinski definition) is 5. The maximum absolute atomic E-state index is 13.2. The summed E-state index contributed by atoms with van der Waals surface area (Å²) >= 11 is 1.54. The number of benzene rings is 1. The van der Waals surface area contributed by atoms with Crippen molar-refractivity contribution in [3.63, 3.8) is 0 Å². The minimum atomic E-state index is -0.194. The Bertz CT molecular complexity index is 1060. The fourth-order valence-corrected chi connectivity index (χ4v) is 4.32. The molecule has 0 saturated heterocycles. The van der Waals surface area contributed by atoms with Gasteiger partial charge in [-0.1, -0.05) is 30.3 Å². The van der Waals surface area contributed by atoms with Crippen LogP contribution in [0.5, 0.6) is 0 Å². The highest BCUT2D eigenvalue weighted by Gasteiger charge is 2.26. The topological polar surface area (TPSA) is 72.4 Å². The van der Waals surface area contributed by atoms with Gasteiger partial charge in [0.1, 0.15) is 0 Å². The smallest absolute Gasteiger partial charge is 0.277 e. The first-order valence-electron chi connectivity index (χ1n) is 9.14. The molecule has 0 saturated carbocycles. The van der Waals surface area contributed by atoms with Gasteiger partial charge in [-0.25, -0.2) is 4.68 Å². The Labute approximate surface area is 166 Å². The Balaban J connectivity index is 1.84. The van der Waals surface area contributed by atoms with E-state index in [2.05, 4.69) is 10.7 Å². The van der Waals surface area contributed by atoms with E-state index >= 15 is 0 Å². The second-order valence-electron chi connectivity index (χ2n) is 6.54. The molecule has 0 spiro atoms. The number of pyridine rings is 1. The van der Waals surface area contributed by atoms with Gasteiger partial charge in [0.05, 0.1) is 22.7 Å². The van der Waals surface area contributed by atoms with Crippen molar-refractivity contribution in [1.82, 2.24) is 9.99 Å². The predicted molar refractivity (Wildman–Crippen MR) is 111 cm³/mol. The third-order valence-corrected chi connectivity index (χ3v) is 5.69. The number of methoxy groups -OCH3 is 1. The lowest BCUT2D eigenvalue weighted by atomic mass is 10.0. The molecular formula is C21H21N3O3S. The van der Waals surface area contributed by atoms with Gasteiger partial charge in [-0.15, -0.1) is 11.3 Å². The molecule has 1 aliphatic heterocycles. The average molecular weight is 395 g/mol. The highest BCUT2D eigenvalue weighted by molar-refractivity contribution is 7.13. The molecule has 28 heavy (non-hydrogen) atoms. The summed E-state index contributed by atoms with van der Waals surface area (Å²) in [6.07, 6.45) is 0.727. The van der Waals surface area contributed by atoms with Crippen molar-refractivity contribution in [3.8, 4) is 21.7 Å². The molecule has 0 unspecified atom stereocenters. The average Bonchev–Trinajstić information content (AvgIpc) is 3.21. The number of rotatable bonds is 6. The Morgan fingerprint density at radius 3 is 2.89 bits per heavy atom. The summed E-state index contributed by atoms with van der Waals surface area (Å²) in [7, 11) is 1.64. The summed E-state index contributed by atoms with van der Waals surface area (Å²) in [6.45, 7) is 1.65. The molecule has 2 aromatic heterocycles. The number of ether oxygens (including phenoxy) is 1. The maximum atomic E-state index is 13.2. The maximum Gasteiger partial charge on any atom is 0.277 e. The standard InChI is InChI=1S/C21H21N3O3S/c1-27-10-5-9-22-20(25)17-12-16(14-6-3-2-4-7-14)21(26)24-18(17)19-15(13-23-24)8-11-28-19/h2-4,6-8,11-12,23H,5,9-10,13H2,1H3,(H,22,25). The largest absolute Gasteiger partial charge is 0.385 e. The molecule has 6 nitrogen and oxygen atoms in total. The van der Waals surface area contributed by atoms with Crippen molar-refractivity contribution in [2.75, 3.05) is 25.7 Å². The van der Waals surface area contributed by atoms with Gasteiger partial charge < -0.3 is 15.5 Å². The van der Waals surface area contributed by atoms with Gasteiger partial charge in [0, 0.05) is 25.8 Å². The molecule has 7 heteroatoms. The van der Waals surface area contributed by atoms with Crippen molar-refractivity contribution in [2.45, 2.75) is 13.0 Å². The van der Waals surface area contributed by atoms with Gasteiger partial charge >= 0.3 is 0 Å². The lowest BCUT2D eigenvalue weighted by Gasteiger charge is -2.24. The quantitative estimate of drug-likeness (QED) is 0.629. The SMILES string of the molecule is COCCCNC(=O)c1cc(-c2ccccc2)c(=O)n2c1-c1sccc1CN2. The number of thiophene rings is 1. The molecule has 3 heterocycles. The van der Waals surface area contributed by atoms with Crippen LogP contribution in [0, 0.1) is 0 Å². The molecule has 1 aliphatic rings. The zero-order valence-electron chi connectivity index (χ0n) is 15.5. The van der Waals surface area contributed by atoms with Crippen LogP contribution in [0.2, 0.25) is 0 Å². The van der Waals surface area contributed by atoms with Crippen LogP contribution in [0.15, 0.2) is 52.6 Å². The summed E-state index contributed by atoms with van der Waals surface area (Å²) in [6, 6.07) is 13.2. The normalized spacial score (nSPS) is 12.0. The van der Waals surface area contributed by atoms with Crippen molar-refractivity contribution in [2.24, 2.45) is 0 Å². The highest BCUT2D eigenvalue weighted by atomic mass is 32.1. The molecule has 0 fully saturated rings. The molecule has 2 N–H and O–H groups in total. The van der Waals surface area contributed by atoms with E-state index < -0.39 is 0 Å². The molecule has 144 valence electrons. The van der Waals surface area contributed by atoms with E-state index in [0.717, 1.165) is 22.4 Å². The first kappa shape index (κ1) is 18.5. The lowest BCUT2D eigenvalue weighted by molar-refractivity contribution is 0.0948. The van der Waals surface area contributed by atoms with Crippen LogP contribution in [0.25, 0.3) is 21.7 Å². The van der Waals surface area contributed by atoms with E-state index in [1.165, 1.54) is 4.68 Å². The van der Waals surface area contributed by atoms with Gasteiger partial charge in [-0.2, -0.15) is 0 Å². The van der Waals surface area contributed by atoms with Gasteiger partial charge in [0.25, 0.3) is 11.5 Å². The van der Waals surface area contributed by atoms with Crippen molar-refractivity contribution < 1.29 is 9.53 Å². The van der Waals surface area contributed by atoms with Crippen LogP contribution < -0.4 is 16.3 Å². The number of hydrogen-bond donors (Lipinski definition) is 2. The molecule has 1 amide bonds. The number of nitrogens with zero attached hydrogens (tertiary/aromatic N) is 1. The number of carbonyl (C=O) groups excluding carboxylic acids is 1. The zero-order valence-corrected chi connectivity index (χ0v) is 16.3. The van der Waals surface area contributed by atoms with E-state index in [4.69, 9.17) is 4.74 Å². The summed E-state index contributed by atoms with van der Waals surface area (Å²) in [5, 5.41) is 4.93. The predicted octanol–water partition coefficient (Wildman–Crippen LogP) is 3.07.